The van der Waals surface area contributed by atoms with Gasteiger partial charge < -0.3 is 4.90 Å². The summed E-state index contributed by atoms with van der Waals surface area (Å²) in [5.41, 5.74) is 5.66. The molecule has 1 amide bonds. The number of thiophene rings is 1. The molecular weight excluding hydrogens is 418 g/mol. The van der Waals surface area contributed by atoms with Gasteiger partial charge in [-0.3, -0.25) is 14.2 Å². The van der Waals surface area contributed by atoms with Crippen molar-refractivity contribution in [3.8, 4) is 11.1 Å². The maximum Gasteiger partial charge on any atom is 0.263 e. The number of hydrogen-bond donors (Lipinski definition) is 0. The largest absolute Gasteiger partial charge is 0.340 e. The summed E-state index contributed by atoms with van der Waals surface area (Å²) < 4.78 is 1.43. The van der Waals surface area contributed by atoms with Crippen LogP contribution in [-0.2, 0) is 30.7 Å². The highest BCUT2D eigenvalue weighted by atomic mass is 32.1. The molecule has 32 heavy (non-hydrogen) atoms. The SMILES string of the molecule is CN(Cc1ccccc1)C(=O)Cn1cnc2scc(-c3ccc4c(c3)CCCC4)c2c1=O. The maximum atomic E-state index is 13.3. The van der Waals surface area contributed by atoms with Gasteiger partial charge in [-0.25, -0.2) is 4.98 Å². The standard InChI is InChI=1S/C26H25N3O2S/c1-28(14-18-7-3-2-4-8-18)23(30)15-29-17-27-25-24(26(29)31)22(16-32-25)21-12-11-19-9-5-6-10-20(19)13-21/h2-4,7-8,11-13,16-17H,5-6,9-10,14-15H2,1H3. The Hall–Kier alpha value is -3.25. The average molecular weight is 444 g/mol. The van der Waals surface area contributed by atoms with E-state index in [9.17, 15) is 9.59 Å². The third-order valence-corrected chi connectivity index (χ3v) is 7.10. The minimum atomic E-state index is -0.162. The van der Waals surface area contributed by atoms with Gasteiger partial charge in [0, 0.05) is 24.5 Å². The molecule has 0 bridgehead atoms. The molecule has 1 aliphatic rings. The van der Waals surface area contributed by atoms with Crippen molar-refractivity contribution in [3.63, 3.8) is 0 Å². The van der Waals surface area contributed by atoms with Gasteiger partial charge in [-0.15, -0.1) is 11.3 Å². The van der Waals surface area contributed by atoms with Crippen molar-refractivity contribution in [3.05, 3.63) is 87.3 Å². The van der Waals surface area contributed by atoms with Gasteiger partial charge in [0.25, 0.3) is 5.56 Å². The van der Waals surface area contributed by atoms with Gasteiger partial charge in [-0.05, 0) is 47.9 Å². The Bertz CT molecular complexity index is 1340. The Labute approximate surface area is 191 Å². The average Bonchev–Trinajstić information content (AvgIpc) is 3.26. The van der Waals surface area contributed by atoms with E-state index in [2.05, 4.69) is 23.2 Å². The minimum absolute atomic E-state index is 0.0232. The van der Waals surface area contributed by atoms with Crippen LogP contribution in [0, 0.1) is 0 Å². The van der Waals surface area contributed by atoms with Crippen LogP contribution in [0.15, 0.2) is 65.0 Å². The summed E-state index contributed by atoms with van der Waals surface area (Å²) >= 11 is 1.48. The second-order valence-corrected chi connectivity index (χ2v) is 9.29. The Kier molecular flexibility index (Phi) is 5.62. The van der Waals surface area contributed by atoms with E-state index in [1.165, 1.54) is 46.2 Å². The first-order chi connectivity index (χ1) is 15.6. The predicted molar refractivity (Wildman–Crippen MR) is 129 cm³/mol. The monoisotopic (exact) mass is 443 g/mol. The fourth-order valence-electron chi connectivity index (χ4n) is 4.41. The highest BCUT2D eigenvalue weighted by Crippen LogP contribution is 2.33. The Morgan fingerprint density at radius 2 is 1.88 bits per heavy atom. The first-order valence-corrected chi connectivity index (χ1v) is 11.8. The van der Waals surface area contributed by atoms with Crippen LogP contribution in [0.1, 0.15) is 29.5 Å². The first-order valence-electron chi connectivity index (χ1n) is 11.0. The van der Waals surface area contributed by atoms with Gasteiger partial charge in [-0.2, -0.15) is 0 Å². The third-order valence-electron chi connectivity index (χ3n) is 6.21. The van der Waals surface area contributed by atoms with Crippen LogP contribution in [0.2, 0.25) is 0 Å². The molecule has 0 fully saturated rings. The highest BCUT2D eigenvalue weighted by molar-refractivity contribution is 7.17. The fourth-order valence-corrected chi connectivity index (χ4v) is 5.31. The van der Waals surface area contributed by atoms with E-state index in [1.54, 1.807) is 11.9 Å². The fraction of sp³-hybridized carbons (Fsp3) is 0.269. The van der Waals surface area contributed by atoms with E-state index >= 15 is 0 Å². The van der Waals surface area contributed by atoms with Crippen LogP contribution >= 0.6 is 11.3 Å². The van der Waals surface area contributed by atoms with Crippen LogP contribution in [0.25, 0.3) is 21.3 Å². The van der Waals surface area contributed by atoms with Gasteiger partial charge in [0.15, 0.2) is 0 Å². The zero-order chi connectivity index (χ0) is 22.1. The molecule has 5 nitrogen and oxygen atoms in total. The van der Waals surface area contributed by atoms with Crippen LogP contribution in [0.5, 0.6) is 0 Å². The molecule has 0 aliphatic heterocycles. The molecule has 0 unspecified atom stereocenters. The van der Waals surface area contributed by atoms with Crippen LogP contribution in [0.3, 0.4) is 0 Å². The lowest BCUT2D eigenvalue weighted by molar-refractivity contribution is -0.131. The molecule has 0 N–H and O–H groups in total. The van der Waals surface area contributed by atoms with Crippen molar-refractivity contribution in [1.82, 2.24) is 14.5 Å². The molecule has 0 saturated heterocycles. The number of aromatic nitrogens is 2. The van der Waals surface area contributed by atoms with Gasteiger partial charge in [0.05, 0.1) is 11.7 Å². The van der Waals surface area contributed by atoms with E-state index in [0.29, 0.717) is 16.8 Å². The summed E-state index contributed by atoms with van der Waals surface area (Å²) in [4.78, 5) is 33.0. The van der Waals surface area contributed by atoms with Crippen molar-refractivity contribution in [2.75, 3.05) is 7.05 Å². The molecule has 0 spiro atoms. The molecule has 5 rings (SSSR count). The van der Waals surface area contributed by atoms with Crippen molar-refractivity contribution in [2.24, 2.45) is 0 Å². The van der Waals surface area contributed by atoms with E-state index in [4.69, 9.17) is 0 Å². The smallest absolute Gasteiger partial charge is 0.263 e. The topological polar surface area (TPSA) is 55.2 Å². The molecule has 1 aliphatic carbocycles. The summed E-state index contributed by atoms with van der Waals surface area (Å²) in [6.07, 6.45) is 6.18. The van der Waals surface area contributed by atoms with E-state index in [1.807, 2.05) is 35.7 Å². The number of benzene rings is 2. The van der Waals surface area contributed by atoms with Crippen LogP contribution < -0.4 is 5.56 Å². The van der Waals surface area contributed by atoms with Gasteiger partial charge in [0.1, 0.15) is 11.4 Å². The molecule has 0 atom stereocenters. The van der Waals surface area contributed by atoms with Crippen molar-refractivity contribution >= 4 is 27.5 Å². The van der Waals surface area contributed by atoms with E-state index < -0.39 is 0 Å². The number of amides is 1. The number of rotatable bonds is 5. The highest BCUT2D eigenvalue weighted by Gasteiger charge is 2.18. The molecule has 0 radical (unpaired) electrons. The van der Waals surface area contributed by atoms with Crippen molar-refractivity contribution in [2.45, 2.75) is 38.8 Å². The number of nitrogens with zero attached hydrogens (tertiary/aromatic N) is 3. The van der Waals surface area contributed by atoms with E-state index in [-0.39, 0.29) is 18.0 Å². The van der Waals surface area contributed by atoms with Gasteiger partial charge in [0.2, 0.25) is 5.91 Å². The maximum absolute atomic E-state index is 13.3. The third kappa shape index (κ3) is 3.98. The van der Waals surface area contributed by atoms with Gasteiger partial charge in [-0.1, -0.05) is 48.5 Å². The van der Waals surface area contributed by atoms with Crippen LogP contribution in [0.4, 0.5) is 0 Å². The number of carbonyl (C=O) groups is 1. The molecule has 162 valence electrons. The quantitative estimate of drug-likeness (QED) is 0.451. The Morgan fingerprint density at radius 1 is 1.09 bits per heavy atom. The normalized spacial score (nSPS) is 13.2. The number of hydrogen-bond acceptors (Lipinski definition) is 4. The minimum Gasteiger partial charge on any atom is -0.340 e. The van der Waals surface area contributed by atoms with Crippen molar-refractivity contribution in [1.29, 1.82) is 0 Å². The van der Waals surface area contributed by atoms with Crippen molar-refractivity contribution < 1.29 is 4.79 Å². The zero-order valence-corrected chi connectivity index (χ0v) is 18.9. The lowest BCUT2D eigenvalue weighted by Gasteiger charge is -2.18. The second-order valence-electron chi connectivity index (χ2n) is 8.43. The summed E-state index contributed by atoms with van der Waals surface area (Å²) in [5, 5.41) is 2.61. The molecule has 6 heteroatoms. The first kappa shape index (κ1) is 20.6. The Morgan fingerprint density at radius 3 is 2.69 bits per heavy atom. The summed E-state index contributed by atoms with van der Waals surface area (Å²) in [5.74, 6) is -0.123. The molecular formula is C26H25N3O2S. The molecule has 4 aromatic rings. The zero-order valence-electron chi connectivity index (χ0n) is 18.1. The summed E-state index contributed by atoms with van der Waals surface area (Å²) in [6, 6.07) is 16.4. The second kappa shape index (κ2) is 8.71. The van der Waals surface area contributed by atoms with Crippen LogP contribution in [-0.4, -0.2) is 27.4 Å². The molecule has 2 aromatic heterocycles. The summed E-state index contributed by atoms with van der Waals surface area (Å²) in [6.45, 7) is 0.480. The predicted octanol–water partition coefficient (Wildman–Crippen LogP) is 4.66. The number of likely N-dealkylation sites (N-methyl/N-ethyl adjacent to an activating group) is 1. The number of aryl methyl sites for hydroxylation is 2. The molecule has 0 saturated carbocycles. The van der Waals surface area contributed by atoms with Gasteiger partial charge >= 0.3 is 0 Å². The van der Waals surface area contributed by atoms with E-state index in [0.717, 1.165) is 29.5 Å². The molecule has 2 heterocycles. The lowest BCUT2D eigenvalue weighted by Crippen LogP contribution is -2.33. The number of carbonyl (C=O) groups excluding carboxylic acids is 1. The lowest BCUT2D eigenvalue weighted by atomic mass is 9.89. The molecule has 2 aromatic carbocycles. The summed E-state index contributed by atoms with van der Waals surface area (Å²) in [7, 11) is 1.76. The number of fused-ring (bicyclic) bond motifs is 2. The Balaban J connectivity index is 1.44.